The molecule has 7 nitrogen and oxygen atoms in total. The van der Waals surface area contributed by atoms with Crippen LogP contribution in [0.3, 0.4) is 0 Å². The van der Waals surface area contributed by atoms with E-state index in [1.807, 2.05) is 6.92 Å². The van der Waals surface area contributed by atoms with Gasteiger partial charge >= 0.3 is 0 Å². The van der Waals surface area contributed by atoms with E-state index in [-0.39, 0.29) is 17.3 Å². The van der Waals surface area contributed by atoms with Gasteiger partial charge in [-0.05, 0) is 67.8 Å². The van der Waals surface area contributed by atoms with E-state index < -0.39 is 28.5 Å². The zero-order valence-corrected chi connectivity index (χ0v) is 24.6. The summed E-state index contributed by atoms with van der Waals surface area (Å²) in [6.07, 6.45) is 1.71. The second-order valence-electron chi connectivity index (χ2n) is 9.19. The maximum Gasteiger partial charge on any atom is 0.264 e. The van der Waals surface area contributed by atoms with Crippen molar-refractivity contribution in [2.45, 2.75) is 51.1 Å². The smallest absolute Gasteiger partial charge is 0.264 e. The second kappa shape index (κ2) is 13.8. The summed E-state index contributed by atoms with van der Waals surface area (Å²) < 4.78 is 28.8. The maximum absolute atomic E-state index is 13.9. The van der Waals surface area contributed by atoms with Crippen molar-refractivity contribution in [2.75, 3.05) is 17.4 Å². The molecule has 0 aliphatic heterocycles. The van der Waals surface area contributed by atoms with Gasteiger partial charge in [0.2, 0.25) is 11.8 Å². The van der Waals surface area contributed by atoms with Crippen molar-refractivity contribution in [3.63, 3.8) is 0 Å². The number of benzene rings is 3. The lowest BCUT2D eigenvalue weighted by molar-refractivity contribution is -0.139. The fourth-order valence-corrected chi connectivity index (χ4v) is 5.82. The maximum atomic E-state index is 13.9. The van der Waals surface area contributed by atoms with Crippen LogP contribution in [0.2, 0.25) is 10.0 Å². The molecule has 0 aromatic heterocycles. The number of amides is 2. The quantitative estimate of drug-likeness (QED) is 0.269. The second-order valence-corrected chi connectivity index (χ2v) is 11.9. The first-order chi connectivity index (χ1) is 18.6. The van der Waals surface area contributed by atoms with Crippen LogP contribution in [0.1, 0.15) is 37.8 Å². The molecule has 208 valence electrons. The van der Waals surface area contributed by atoms with Gasteiger partial charge in [-0.1, -0.05) is 72.9 Å². The van der Waals surface area contributed by atoms with E-state index in [1.165, 1.54) is 29.2 Å². The molecule has 0 saturated carbocycles. The number of nitrogens with one attached hydrogen (secondary N) is 1. The largest absolute Gasteiger partial charge is 0.354 e. The molecule has 3 rings (SSSR count). The van der Waals surface area contributed by atoms with Crippen LogP contribution in [0.4, 0.5) is 5.69 Å². The molecular weight excluding hydrogens is 557 g/mol. The van der Waals surface area contributed by atoms with Gasteiger partial charge in [0.05, 0.1) is 10.6 Å². The SMILES string of the molecule is CCCCNC(=O)[C@H](C)N(Cc1ccccc1Cl)C(=O)CN(c1ccccc1C)S(=O)(=O)c1ccc(Cl)cc1. The summed E-state index contributed by atoms with van der Waals surface area (Å²) >= 11 is 12.4. The van der Waals surface area contributed by atoms with Crippen LogP contribution in [0.5, 0.6) is 0 Å². The monoisotopic (exact) mass is 589 g/mol. The third-order valence-electron chi connectivity index (χ3n) is 6.36. The standard InChI is InChI=1S/C29H33Cl2N3O4S/c1-4-5-18-32-29(36)22(3)33(19-23-11-7-8-12-26(23)31)28(35)20-34(27-13-9-6-10-21(27)2)39(37,38)25-16-14-24(30)15-17-25/h6-17,22H,4-5,18-20H2,1-3H3,(H,32,36)/t22-/m0/s1. The molecule has 10 heteroatoms. The Morgan fingerprint density at radius 1 is 0.949 bits per heavy atom. The Kier molecular flexibility index (Phi) is 10.8. The van der Waals surface area contributed by atoms with Crippen molar-refractivity contribution in [3.8, 4) is 0 Å². The highest BCUT2D eigenvalue weighted by atomic mass is 35.5. The number of rotatable bonds is 12. The average molecular weight is 591 g/mol. The van der Waals surface area contributed by atoms with Gasteiger partial charge in [-0.3, -0.25) is 13.9 Å². The average Bonchev–Trinajstić information content (AvgIpc) is 2.91. The van der Waals surface area contributed by atoms with Crippen molar-refractivity contribution in [2.24, 2.45) is 0 Å². The Hall–Kier alpha value is -3.07. The van der Waals surface area contributed by atoms with Gasteiger partial charge in [0.15, 0.2) is 0 Å². The Labute approximate surface area is 240 Å². The number of halogens is 2. The number of unbranched alkanes of at least 4 members (excludes halogenated alkanes) is 1. The third kappa shape index (κ3) is 7.75. The number of aryl methyl sites for hydroxylation is 1. The number of hydrogen-bond acceptors (Lipinski definition) is 4. The molecule has 2 amide bonds. The Balaban J connectivity index is 2.02. The van der Waals surface area contributed by atoms with Crippen molar-refractivity contribution in [1.82, 2.24) is 10.2 Å². The summed E-state index contributed by atoms with van der Waals surface area (Å²) in [6, 6.07) is 18.9. The van der Waals surface area contributed by atoms with Crippen molar-refractivity contribution in [1.29, 1.82) is 0 Å². The van der Waals surface area contributed by atoms with E-state index >= 15 is 0 Å². The number of para-hydroxylation sites is 1. The van der Waals surface area contributed by atoms with E-state index in [9.17, 15) is 18.0 Å². The first-order valence-corrected chi connectivity index (χ1v) is 14.9. The van der Waals surface area contributed by atoms with E-state index in [0.29, 0.717) is 33.4 Å². The van der Waals surface area contributed by atoms with Gasteiger partial charge in [-0.15, -0.1) is 0 Å². The van der Waals surface area contributed by atoms with Crippen molar-refractivity contribution in [3.05, 3.63) is 94.0 Å². The van der Waals surface area contributed by atoms with E-state index in [1.54, 1.807) is 62.4 Å². The highest BCUT2D eigenvalue weighted by molar-refractivity contribution is 7.92. The minimum atomic E-state index is -4.17. The molecule has 3 aromatic carbocycles. The molecule has 3 aromatic rings. The Morgan fingerprint density at radius 3 is 2.23 bits per heavy atom. The molecular formula is C29H33Cl2N3O4S. The van der Waals surface area contributed by atoms with Crippen LogP contribution in [0.15, 0.2) is 77.7 Å². The normalized spacial score (nSPS) is 12.0. The van der Waals surface area contributed by atoms with E-state index in [2.05, 4.69) is 5.32 Å². The van der Waals surface area contributed by atoms with Gasteiger partial charge in [0.25, 0.3) is 10.0 Å². The minimum Gasteiger partial charge on any atom is -0.354 e. The minimum absolute atomic E-state index is 0.00837. The molecule has 0 spiro atoms. The molecule has 0 heterocycles. The molecule has 0 saturated heterocycles. The highest BCUT2D eigenvalue weighted by Crippen LogP contribution is 2.28. The van der Waals surface area contributed by atoms with Gasteiger partial charge < -0.3 is 10.2 Å². The summed E-state index contributed by atoms with van der Waals surface area (Å²) in [5.74, 6) is -0.874. The lowest BCUT2D eigenvalue weighted by Gasteiger charge is -2.32. The topological polar surface area (TPSA) is 86.8 Å². The van der Waals surface area contributed by atoms with Crippen LogP contribution < -0.4 is 9.62 Å². The molecule has 0 aliphatic rings. The van der Waals surface area contributed by atoms with Gasteiger partial charge in [-0.25, -0.2) is 8.42 Å². The van der Waals surface area contributed by atoms with Crippen LogP contribution in [0.25, 0.3) is 0 Å². The van der Waals surface area contributed by atoms with Gasteiger partial charge in [0, 0.05) is 23.1 Å². The van der Waals surface area contributed by atoms with Crippen LogP contribution in [0, 0.1) is 6.92 Å². The lowest BCUT2D eigenvalue weighted by atomic mass is 10.1. The molecule has 1 atom stereocenters. The summed E-state index contributed by atoms with van der Waals surface area (Å²) in [7, 11) is -4.17. The summed E-state index contributed by atoms with van der Waals surface area (Å²) in [5, 5.41) is 3.70. The predicted octanol–water partition coefficient (Wildman–Crippen LogP) is 5.83. The zero-order valence-electron chi connectivity index (χ0n) is 22.2. The van der Waals surface area contributed by atoms with Crippen LogP contribution in [-0.2, 0) is 26.2 Å². The molecule has 0 fully saturated rings. The summed E-state index contributed by atoms with van der Waals surface area (Å²) in [6.45, 7) is 5.41. The van der Waals surface area contributed by atoms with Crippen LogP contribution in [-0.4, -0.2) is 44.3 Å². The van der Waals surface area contributed by atoms with E-state index in [4.69, 9.17) is 23.2 Å². The highest BCUT2D eigenvalue weighted by Gasteiger charge is 2.33. The number of anilines is 1. The zero-order chi connectivity index (χ0) is 28.6. The summed E-state index contributed by atoms with van der Waals surface area (Å²) in [5.41, 5.74) is 1.67. The Bertz CT molecular complexity index is 1400. The van der Waals surface area contributed by atoms with Crippen molar-refractivity contribution < 1.29 is 18.0 Å². The first-order valence-electron chi connectivity index (χ1n) is 12.7. The fourth-order valence-electron chi connectivity index (χ4n) is 4.02. The van der Waals surface area contributed by atoms with E-state index in [0.717, 1.165) is 17.1 Å². The van der Waals surface area contributed by atoms with Crippen molar-refractivity contribution >= 4 is 50.7 Å². The summed E-state index contributed by atoms with van der Waals surface area (Å²) in [4.78, 5) is 28.3. The van der Waals surface area contributed by atoms with Crippen LogP contribution >= 0.6 is 23.2 Å². The van der Waals surface area contributed by atoms with Gasteiger partial charge in [-0.2, -0.15) is 0 Å². The Morgan fingerprint density at radius 2 is 1.59 bits per heavy atom. The number of carbonyl (C=O) groups excluding carboxylic acids is 2. The molecule has 39 heavy (non-hydrogen) atoms. The molecule has 1 N–H and O–H groups in total. The first kappa shape index (κ1) is 30.5. The molecule has 0 unspecified atom stereocenters. The third-order valence-corrected chi connectivity index (χ3v) is 8.75. The molecule has 0 bridgehead atoms. The molecule has 0 radical (unpaired) electrons. The fraction of sp³-hybridized carbons (Fsp3) is 0.310. The lowest BCUT2D eigenvalue weighted by Crippen LogP contribution is -2.51. The number of nitrogens with zero attached hydrogens (tertiary/aromatic N) is 2. The predicted molar refractivity (Wildman–Crippen MR) is 157 cm³/mol. The number of sulfonamides is 1. The number of hydrogen-bond donors (Lipinski definition) is 1. The molecule has 0 aliphatic carbocycles. The number of carbonyl (C=O) groups is 2. The van der Waals surface area contributed by atoms with Gasteiger partial charge in [0.1, 0.15) is 12.6 Å².